The minimum Gasteiger partial charge on any atom is -0.497 e. The Kier molecular flexibility index (Phi) is 7.41. The number of alkyl halides is 3. The molecule has 1 aromatic carbocycles. The van der Waals surface area contributed by atoms with Crippen molar-refractivity contribution in [3.05, 3.63) is 29.8 Å². The highest BCUT2D eigenvalue weighted by Gasteiger charge is 2.39. The zero-order chi connectivity index (χ0) is 19.0. The van der Waals surface area contributed by atoms with Gasteiger partial charge in [-0.2, -0.15) is 13.2 Å². The lowest BCUT2D eigenvalue weighted by molar-refractivity contribution is -0.174. The van der Waals surface area contributed by atoms with E-state index in [9.17, 15) is 27.6 Å². The number of nitrogens with one attached hydrogen (secondary N) is 1. The van der Waals surface area contributed by atoms with Crippen LogP contribution in [0.25, 0.3) is 0 Å². The lowest BCUT2D eigenvalue weighted by Crippen LogP contribution is -2.43. The van der Waals surface area contributed by atoms with Crippen LogP contribution in [0.4, 0.5) is 13.2 Å². The molecule has 0 heterocycles. The molecule has 1 rings (SSSR count). The molecular weight excluding hydrogens is 343 g/mol. The van der Waals surface area contributed by atoms with E-state index in [1.165, 1.54) is 12.4 Å². The van der Waals surface area contributed by atoms with Gasteiger partial charge < -0.3 is 14.8 Å². The van der Waals surface area contributed by atoms with Crippen molar-refractivity contribution in [1.82, 2.24) is 5.32 Å². The van der Waals surface area contributed by atoms with Crippen LogP contribution in [0.1, 0.15) is 12.5 Å². The fourth-order valence-electron chi connectivity index (χ4n) is 1.85. The Hall–Kier alpha value is -2.58. The van der Waals surface area contributed by atoms with Gasteiger partial charge in [-0.3, -0.25) is 14.4 Å². The standard InChI is InChI=1S/C16H18F3NO5/c1-10(21)13(9-20-15(23)16(17,18)19)14(22)25-8-7-11-3-5-12(24-2)6-4-11/h3-6,13H,7-9H2,1-2H3,(H,20,23). The SMILES string of the molecule is COc1ccc(CCOC(=O)C(CNC(=O)C(F)(F)F)C(C)=O)cc1. The van der Waals surface area contributed by atoms with Crippen molar-refractivity contribution in [3.63, 3.8) is 0 Å². The molecule has 0 aliphatic heterocycles. The first kappa shape index (κ1) is 20.5. The van der Waals surface area contributed by atoms with Gasteiger partial charge in [0.1, 0.15) is 17.5 Å². The Labute approximate surface area is 142 Å². The summed E-state index contributed by atoms with van der Waals surface area (Å²) >= 11 is 0. The third-order valence-electron chi connectivity index (χ3n) is 3.29. The second kappa shape index (κ2) is 9.05. The summed E-state index contributed by atoms with van der Waals surface area (Å²) in [7, 11) is 1.52. The van der Waals surface area contributed by atoms with Crippen LogP contribution in [0.15, 0.2) is 24.3 Å². The average Bonchev–Trinajstić information content (AvgIpc) is 2.54. The molecule has 1 amide bonds. The van der Waals surface area contributed by atoms with Gasteiger partial charge in [-0.1, -0.05) is 12.1 Å². The highest BCUT2D eigenvalue weighted by molar-refractivity contribution is 5.98. The highest BCUT2D eigenvalue weighted by Crippen LogP contribution is 2.15. The summed E-state index contributed by atoms with van der Waals surface area (Å²) < 4.78 is 46.3. The van der Waals surface area contributed by atoms with E-state index in [1.807, 2.05) is 0 Å². The van der Waals surface area contributed by atoms with Crippen LogP contribution in [-0.4, -0.2) is 44.1 Å². The maximum absolute atomic E-state index is 12.1. The number of amides is 1. The number of rotatable bonds is 8. The van der Waals surface area contributed by atoms with Gasteiger partial charge in [0.25, 0.3) is 0 Å². The topological polar surface area (TPSA) is 81.7 Å². The quantitative estimate of drug-likeness (QED) is 0.563. The summed E-state index contributed by atoms with van der Waals surface area (Å²) in [5, 5.41) is 1.51. The molecule has 0 aliphatic carbocycles. The van der Waals surface area contributed by atoms with E-state index in [4.69, 9.17) is 9.47 Å². The van der Waals surface area contributed by atoms with Crippen molar-refractivity contribution >= 4 is 17.7 Å². The summed E-state index contributed by atoms with van der Waals surface area (Å²) in [4.78, 5) is 34.0. The van der Waals surface area contributed by atoms with E-state index < -0.39 is 36.3 Å². The maximum Gasteiger partial charge on any atom is 0.471 e. The van der Waals surface area contributed by atoms with Crippen LogP contribution in [0, 0.1) is 5.92 Å². The van der Waals surface area contributed by atoms with Gasteiger partial charge in [-0.15, -0.1) is 0 Å². The number of Topliss-reactive ketones (excluding diaryl/α,β-unsaturated/α-hetero) is 1. The molecule has 0 bridgehead atoms. The Morgan fingerprint density at radius 1 is 1.16 bits per heavy atom. The van der Waals surface area contributed by atoms with Crippen molar-refractivity contribution in [2.24, 2.45) is 5.92 Å². The van der Waals surface area contributed by atoms with Crippen LogP contribution in [0.5, 0.6) is 5.75 Å². The summed E-state index contributed by atoms with van der Waals surface area (Å²) in [6.45, 7) is 0.215. The van der Waals surface area contributed by atoms with E-state index in [0.29, 0.717) is 12.2 Å². The molecule has 1 atom stereocenters. The van der Waals surface area contributed by atoms with Crippen molar-refractivity contribution < 1.29 is 37.0 Å². The van der Waals surface area contributed by atoms with E-state index in [1.54, 1.807) is 24.3 Å². The minimum atomic E-state index is -5.08. The number of benzene rings is 1. The van der Waals surface area contributed by atoms with Gasteiger partial charge in [-0.25, -0.2) is 0 Å². The molecule has 1 aromatic rings. The van der Waals surface area contributed by atoms with Crippen molar-refractivity contribution in [1.29, 1.82) is 0 Å². The van der Waals surface area contributed by atoms with Crippen LogP contribution < -0.4 is 10.1 Å². The predicted octanol–water partition coefficient (Wildman–Crippen LogP) is 1.66. The second-order valence-corrected chi connectivity index (χ2v) is 5.14. The first-order valence-electron chi connectivity index (χ1n) is 7.30. The monoisotopic (exact) mass is 361 g/mol. The molecule has 0 radical (unpaired) electrons. The van der Waals surface area contributed by atoms with Gasteiger partial charge in [-0.05, 0) is 24.6 Å². The van der Waals surface area contributed by atoms with Crippen LogP contribution in [0.3, 0.4) is 0 Å². The minimum absolute atomic E-state index is 0.0534. The van der Waals surface area contributed by atoms with Crippen molar-refractivity contribution in [2.45, 2.75) is 19.5 Å². The van der Waals surface area contributed by atoms with Crippen molar-refractivity contribution in [2.75, 3.05) is 20.3 Å². The third-order valence-corrected chi connectivity index (χ3v) is 3.29. The number of carbonyl (C=O) groups excluding carboxylic acids is 3. The first-order chi connectivity index (χ1) is 11.6. The molecule has 0 spiro atoms. The molecule has 1 unspecified atom stereocenters. The number of ether oxygens (including phenoxy) is 2. The maximum atomic E-state index is 12.1. The van der Waals surface area contributed by atoms with Gasteiger partial charge >= 0.3 is 18.1 Å². The van der Waals surface area contributed by atoms with Gasteiger partial charge in [0.15, 0.2) is 0 Å². The molecule has 1 N–H and O–H groups in total. The second-order valence-electron chi connectivity index (χ2n) is 5.14. The molecule has 0 fully saturated rings. The third kappa shape index (κ3) is 6.82. The molecule has 0 aliphatic rings. The summed E-state index contributed by atoms with van der Waals surface area (Å²) in [6.07, 6.45) is -4.73. The zero-order valence-electron chi connectivity index (χ0n) is 13.7. The molecule has 0 saturated carbocycles. The fourth-order valence-corrected chi connectivity index (χ4v) is 1.85. The molecule has 0 saturated heterocycles. The number of hydrogen-bond acceptors (Lipinski definition) is 5. The Balaban J connectivity index is 2.50. The van der Waals surface area contributed by atoms with Crippen molar-refractivity contribution in [3.8, 4) is 5.75 Å². The van der Waals surface area contributed by atoms with E-state index in [-0.39, 0.29) is 6.61 Å². The fraction of sp³-hybridized carbons (Fsp3) is 0.438. The molecular formula is C16H18F3NO5. The highest BCUT2D eigenvalue weighted by atomic mass is 19.4. The summed E-state index contributed by atoms with van der Waals surface area (Å²) in [5.74, 6) is -4.72. The molecule has 9 heteroatoms. The number of hydrogen-bond donors (Lipinski definition) is 1. The molecule has 25 heavy (non-hydrogen) atoms. The zero-order valence-corrected chi connectivity index (χ0v) is 13.7. The number of esters is 1. The first-order valence-corrected chi connectivity index (χ1v) is 7.30. The van der Waals surface area contributed by atoms with Crippen LogP contribution in [-0.2, 0) is 25.5 Å². The van der Waals surface area contributed by atoms with Gasteiger partial charge in [0.05, 0.1) is 13.7 Å². The Morgan fingerprint density at radius 3 is 2.24 bits per heavy atom. The average molecular weight is 361 g/mol. The Morgan fingerprint density at radius 2 is 1.76 bits per heavy atom. The van der Waals surface area contributed by atoms with Gasteiger partial charge in [0.2, 0.25) is 0 Å². The molecule has 6 nitrogen and oxygen atoms in total. The number of methoxy groups -OCH3 is 1. The van der Waals surface area contributed by atoms with E-state index in [0.717, 1.165) is 12.5 Å². The summed E-state index contributed by atoms with van der Waals surface area (Å²) in [6, 6.07) is 6.97. The predicted molar refractivity (Wildman–Crippen MR) is 80.9 cm³/mol. The lowest BCUT2D eigenvalue weighted by Gasteiger charge is -2.15. The molecule has 0 aromatic heterocycles. The van der Waals surface area contributed by atoms with E-state index in [2.05, 4.69) is 0 Å². The smallest absolute Gasteiger partial charge is 0.471 e. The normalized spacial score (nSPS) is 12.2. The number of ketones is 1. The largest absolute Gasteiger partial charge is 0.497 e. The van der Waals surface area contributed by atoms with E-state index >= 15 is 0 Å². The number of halogens is 3. The van der Waals surface area contributed by atoms with Crippen LogP contribution >= 0.6 is 0 Å². The lowest BCUT2D eigenvalue weighted by atomic mass is 10.1. The van der Waals surface area contributed by atoms with Gasteiger partial charge in [0, 0.05) is 13.0 Å². The molecule has 138 valence electrons. The van der Waals surface area contributed by atoms with Crippen LogP contribution in [0.2, 0.25) is 0 Å². The summed E-state index contributed by atoms with van der Waals surface area (Å²) in [5.41, 5.74) is 0.846. The Bertz CT molecular complexity index is 613. The number of carbonyl (C=O) groups is 3.